The van der Waals surface area contributed by atoms with Gasteiger partial charge in [0.15, 0.2) is 8.32 Å². The molecular weight excluding hydrogens is 394 g/mol. The number of alkyl carbamates (subject to hydrolysis) is 1. The Morgan fingerprint density at radius 3 is 2.17 bits per heavy atom. The normalized spacial score (nSPS) is 15.9. The molecule has 1 rings (SSSR count). The minimum absolute atomic E-state index is 0.152. The van der Waals surface area contributed by atoms with Crippen LogP contribution in [0.4, 0.5) is 4.79 Å². The maximum absolute atomic E-state index is 12.4. The van der Waals surface area contributed by atoms with E-state index in [0.29, 0.717) is 19.4 Å². The third-order valence-corrected chi connectivity index (χ3v) is 10.1. The van der Waals surface area contributed by atoms with Crippen molar-refractivity contribution in [2.75, 3.05) is 6.61 Å². The number of aliphatic hydroxyl groups excluding tert-OH is 1. The highest BCUT2D eigenvalue weighted by molar-refractivity contribution is 6.74. The van der Waals surface area contributed by atoms with E-state index in [1.807, 2.05) is 51.1 Å². The van der Waals surface area contributed by atoms with Gasteiger partial charge in [-0.15, -0.1) is 0 Å². The molecule has 2 N–H and O–H groups in total. The van der Waals surface area contributed by atoms with Gasteiger partial charge in [-0.2, -0.15) is 0 Å². The van der Waals surface area contributed by atoms with Crippen molar-refractivity contribution < 1.29 is 19.1 Å². The van der Waals surface area contributed by atoms with Gasteiger partial charge in [-0.05, 0) is 63.2 Å². The first kappa shape index (κ1) is 26.7. The van der Waals surface area contributed by atoms with Crippen LogP contribution < -0.4 is 5.32 Å². The molecule has 5 nitrogen and oxygen atoms in total. The Hall–Kier alpha value is -1.37. The number of ether oxygens (including phenoxy) is 1. The van der Waals surface area contributed by atoms with Crippen LogP contribution in [-0.2, 0) is 15.6 Å². The first-order chi connectivity index (χ1) is 13.6. The van der Waals surface area contributed by atoms with Crippen molar-refractivity contribution in [3.8, 4) is 0 Å². The lowest BCUT2D eigenvalue weighted by Gasteiger charge is -2.37. The molecule has 6 heteroatoms. The largest absolute Gasteiger partial charge is 0.444 e. The quantitative estimate of drug-likeness (QED) is 0.498. The molecule has 0 heterocycles. The second-order valence-electron chi connectivity index (χ2n) is 10.9. The van der Waals surface area contributed by atoms with Crippen LogP contribution in [0.1, 0.15) is 60.5 Å². The van der Waals surface area contributed by atoms with E-state index >= 15 is 0 Å². The summed E-state index contributed by atoms with van der Waals surface area (Å²) in [6, 6.07) is 9.44. The number of benzene rings is 1. The first-order valence-corrected chi connectivity index (χ1v) is 13.9. The number of hydrogen-bond acceptors (Lipinski definition) is 4. The van der Waals surface area contributed by atoms with E-state index in [1.165, 1.54) is 0 Å². The molecule has 0 saturated heterocycles. The fraction of sp³-hybridized carbons (Fsp3) is 0.708. The monoisotopic (exact) mass is 437 g/mol. The van der Waals surface area contributed by atoms with Crippen LogP contribution in [0, 0.1) is 5.92 Å². The van der Waals surface area contributed by atoms with Gasteiger partial charge in [-0.3, -0.25) is 0 Å². The van der Waals surface area contributed by atoms with E-state index in [9.17, 15) is 9.90 Å². The summed E-state index contributed by atoms with van der Waals surface area (Å²) in [6.45, 7) is 19.3. The number of rotatable bonds is 9. The SMILES string of the molecule is C[C@@H](CO[Si](C)(C)C(C)(C)C)C[C@@H](O)[C@H](Cc1ccccc1)NC(=O)OC(C)(C)C. The average molecular weight is 438 g/mol. The lowest BCUT2D eigenvalue weighted by Crippen LogP contribution is -2.47. The standard InChI is InChI=1S/C24H43NO4Si/c1-18(17-28-30(8,9)24(5,6)7)15-21(26)20(16-19-13-11-10-12-14-19)25-22(27)29-23(2,3)4/h10-14,18,20-21,26H,15-17H2,1-9H3,(H,25,27)/t18-,20+,21-/m1/s1. The van der Waals surface area contributed by atoms with Crippen molar-refractivity contribution >= 4 is 14.4 Å². The summed E-state index contributed by atoms with van der Waals surface area (Å²) in [6.07, 6.45) is -0.123. The van der Waals surface area contributed by atoms with Crippen molar-refractivity contribution in [1.29, 1.82) is 0 Å². The molecule has 30 heavy (non-hydrogen) atoms. The van der Waals surface area contributed by atoms with Gasteiger partial charge in [-0.25, -0.2) is 4.79 Å². The molecule has 0 aliphatic rings. The maximum Gasteiger partial charge on any atom is 0.407 e. The van der Waals surface area contributed by atoms with Gasteiger partial charge in [0.05, 0.1) is 12.1 Å². The van der Waals surface area contributed by atoms with Crippen LogP contribution in [0.25, 0.3) is 0 Å². The smallest absolute Gasteiger partial charge is 0.407 e. The van der Waals surface area contributed by atoms with Crippen LogP contribution in [0.2, 0.25) is 18.1 Å². The molecule has 0 bridgehead atoms. The Bertz CT molecular complexity index is 649. The minimum atomic E-state index is -1.83. The fourth-order valence-corrected chi connectivity index (χ4v) is 3.96. The van der Waals surface area contributed by atoms with Gasteiger partial charge in [0.25, 0.3) is 0 Å². The predicted molar refractivity (Wildman–Crippen MR) is 126 cm³/mol. The molecule has 3 atom stereocenters. The molecule has 172 valence electrons. The van der Waals surface area contributed by atoms with E-state index in [0.717, 1.165) is 5.56 Å². The zero-order chi connectivity index (χ0) is 23.2. The summed E-state index contributed by atoms with van der Waals surface area (Å²) in [5, 5.41) is 14.0. The highest BCUT2D eigenvalue weighted by Crippen LogP contribution is 2.37. The van der Waals surface area contributed by atoms with Gasteiger partial charge in [-0.1, -0.05) is 58.0 Å². The molecule has 0 saturated carbocycles. The topological polar surface area (TPSA) is 67.8 Å². The van der Waals surface area contributed by atoms with Gasteiger partial charge in [0, 0.05) is 6.61 Å². The molecule has 1 aromatic rings. The zero-order valence-corrected chi connectivity index (χ0v) is 21.4. The second kappa shape index (κ2) is 10.8. The highest BCUT2D eigenvalue weighted by atomic mass is 28.4. The summed E-state index contributed by atoms with van der Waals surface area (Å²) in [7, 11) is -1.83. The highest BCUT2D eigenvalue weighted by Gasteiger charge is 2.37. The molecule has 0 aliphatic heterocycles. The minimum Gasteiger partial charge on any atom is -0.444 e. The third kappa shape index (κ3) is 9.62. The molecule has 1 amide bonds. The van der Waals surface area contributed by atoms with Gasteiger partial charge in [0.1, 0.15) is 5.60 Å². The summed E-state index contributed by atoms with van der Waals surface area (Å²) in [5.74, 6) is 0.174. The van der Waals surface area contributed by atoms with Crippen molar-refractivity contribution in [2.45, 2.75) is 97.2 Å². The average Bonchev–Trinajstić information content (AvgIpc) is 2.57. The van der Waals surface area contributed by atoms with Gasteiger partial charge < -0.3 is 19.6 Å². The van der Waals surface area contributed by atoms with Crippen LogP contribution in [0.3, 0.4) is 0 Å². The van der Waals surface area contributed by atoms with Crippen molar-refractivity contribution in [3.05, 3.63) is 35.9 Å². The van der Waals surface area contributed by atoms with Crippen LogP contribution >= 0.6 is 0 Å². The molecular formula is C24H43NO4Si. The molecule has 0 aliphatic carbocycles. The Morgan fingerprint density at radius 2 is 1.67 bits per heavy atom. The molecule has 1 aromatic carbocycles. The second-order valence-corrected chi connectivity index (χ2v) is 15.7. The first-order valence-electron chi connectivity index (χ1n) is 11.0. The number of carbonyl (C=O) groups is 1. The maximum atomic E-state index is 12.4. The Balaban J connectivity index is 2.78. The van der Waals surface area contributed by atoms with Crippen molar-refractivity contribution in [1.82, 2.24) is 5.32 Å². The van der Waals surface area contributed by atoms with Gasteiger partial charge >= 0.3 is 6.09 Å². The summed E-state index contributed by atoms with van der Waals surface area (Å²) in [5.41, 5.74) is 0.471. The van der Waals surface area contributed by atoms with E-state index < -0.39 is 32.2 Å². The van der Waals surface area contributed by atoms with Crippen molar-refractivity contribution in [3.63, 3.8) is 0 Å². The number of nitrogens with one attached hydrogen (secondary N) is 1. The number of hydrogen-bond donors (Lipinski definition) is 2. The Labute approximate surface area is 184 Å². The zero-order valence-electron chi connectivity index (χ0n) is 20.4. The molecule has 0 fully saturated rings. The number of amides is 1. The summed E-state index contributed by atoms with van der Waals surface area (Å²) < 4.78 is 11.7. The molecule has 0 spiro atoms. The lowest BCUT2D eigenvalue weighted by atomic mass is 9.94. The molecule has 0 radical (unpaired) electrons. The third-order valence-electron chi connectivity index (χ3n) is 5.64. The van der Waals surface area contributed by atoms with E-state index in [2.05, 4.69) is 46.1 Å². The van der Waals surface area contributed by atoms with E-state index in [-0.39, 0.29) is 11.0 Å². The van der Waals surface area contributed by atoms with E-state index in [4.69, 9.17) is 9.16 Å². The Morgan fingerprint density at radius 1 is 1.10 bits per heavy atom. The Kier molecular flexibility index (Phi) is 9.58. The fourth-order valence-electron chi connectivity index (χ4n) is 2.82. The number of carbonyl (C=O) groups excluding carboxylic acids is 1. The van der Waals surface area contributed by atoms with Crippen molar-refractivity contribution in [2.24, 2.45) is 5.92 Å². The predicted octanol–water partition coefficient (Wildman–Crippen LogP) is 5.53. The lowest BCUT2D eigenvalue weighted by molar-refractivity contribution is 0.0382. The van der Waals surface area contributed by atoms with Crippen LogP contribution in [-0.4, -0.2) is 43.9 Å². The summed E-state index contributed by atoms with van der Waals surface area (Å²) in [4.78, 5) is 12.4. The molecule has 0 aromatic heterocycles. The number of aliphatic hydroxyl groups is 1. The van der Waals surface area contributed by atoms with Crippen LogP contribution in [0.5, 0.6) is 0 Å². The van der Waals surface area contributed by atoms with Crippen LogP contribution in [0.15, 0.2) is 30.3 Å². The van der Waals surface area contributed by atoms with E-state index in [1.54, 1.807) is 0 Å². The van der Waals surface area contributed by atoms with Gasteiger partial charge in [0.2, 0.25) is 0 Å². The summed E-state index contributed by atoms with van der Waals surface area (Å²) >= 11 is 0. The molecule has 0 unspecified atom stereocenters.